The summed E-state index contributed by atoms with van der Waals surface area (Å²) >= 11 is 0. The molecule has 1 heterocycles. The largest absolute Gasteiger partial charge is 0.381 e. The van der Waals surface area contributed by atoms with Crippen molar-refractivity contribution in [1.29, 1.82) is 0 Å². The van der Waals surface area contributed by atoms with E-state index in [1.54, 1.807) is 0 Å². The Hall–Kier alpha value is -1.57. The lowest BCUT2D eigenvalue weighted by Crippen LogP contribution is -2.23. The van der Waals surface area contributed by atoms with E-state index < -0.39 is 0 Å². The summed E-state index contributed by atoms with van der Waals surface area (Å²) in [5.74, 6) is 0.940. The van der Waals surface area contributed by atoms with E-state index in [4.69, 9.17) is 0 Å². The summed E-state index contributed by atoms with van der Waals surface area (Å²) in [6.07, 6.45) is 7.40. The van der Waals surface area contributed by atoms with Gasteiger partial charge in [-0.2, -0.15) is 0 Å². The van der Waals surface area contributed by atoms with Crippen molar-refractivity contribution in [3.63, 3.8) is 0 Å². The summed E-state index contributed by atoms with van der Waals surface area (Å²) in [6, 6.07) is 11.0. The molecule has 3 rings (SSSR count). The maximum atomic E-state index is 4.49. The van der Waals surface area contributed by atoms with Crippen LogP contribution in [-0.4, -0.2) is 11.0 Å². The van der Waals surface area contributed by atoms with Crippen LogP contribution in [0.3, 0.4) is 0 Å². The van der Waals surface area contributed by atoms with Gasteiger partial charge in [0, 0.05) is 17.6 Å². The van der Waals surface area contributed by atoms with Crippen molar-refractivity contribution in [3.8, 4) is 0 Å². The number of anilines is 1. The summed E-state index contributed by atoms with van der Waals surface area (Å²) in [5, 5.41) is 4.83. The van der Waals surface area contributed by atoms with Crippen LogP contribution in [0, 0.1) is 5.92 Å². The molecule has 1 aromatic heterocycles. The van der Waals surface area contributed by atoms with Crippen molar-refractivity contribution in [1.82, 2.24) is 4.98 Å². The molecule has 1 atom stereocenters. The second-order valence-electron chi connectivity index (χ2n) is 5.46. The molecule has 1 fully saturated rings. The molecular weight excluding hydrogens is 220 g/mol. The third-order valence-corrected chi connectivity index (χ3v) is 3.95. The summed E-state index contributed by atoms with van der Waals surface area (Å²) in [7, 11) is 0. The van der Waals surface area contributed by atoms with Crippen LogP contribution in [0.4, 0.5) is 5.69 Å². The highest BCUT2D eigenvalue weighted by molar-refractivity contribution is 5.90. The first-order valence-corrected chi connectivity index (χ1v) is 6.93. The predicted octanol–water partition coefficient (Wildman–Crippen LogP) is 4.23. The maximum absolute atomic E-state index is 4.49. The standard InChI is InChI=1S/C16H20N2/c1-12(11-13-5-2-6-13)18-15-9-3-7-14-8-4-10-17-16(14)15/h3-4,7-10,12-13,18H,2,5-6,11H2,1H3. The molecule has 1 aromatic carbocycles. The lowest BCUT2D eigenvalue weighted by atomic mass is 9.81. The van der Waals surface area contributed by atoms with Gasteiger partial charge in [0.1, 0.15) is 0 Å². The van der Waals surface area contributed by atoms with E-state index in [2.05, 4.69) is 41.5 Å². The molecule has 0 spiro atoms. The number of aromatic nitrogens is 1. The highest BCUT2D eigenvalue weighted by Crippen LogP contribution is 2.31. The van der Waals surface area contributed by atoms with Crippen molar-refractivity contribution in [2.24, 2.45) is 5.92 Å². The molecule has 2 nitrogen and oxygen atoms in total. The zero-order chi connectivity index (χ0) is 12.4. The number of rotatable bonds is 4. The number of benzene rings is 1. The van der Waals surface area contributed by atoms with Crippen molar-refractivity contribution >= 4 is 16.6 Å². The molecule has 0 bridgehead atoms. The van der Waals surface area contributed by atoms with Gasteiger partial charge >= 0.3 is 0 Å². The third-order valence-electron chi connectivity index (χ3n) is 3.95. The van der Waals surface area contributed by atoms with Crippen LogP contribution in [0.15, 0.2) is 36.5 Å². The van der Waals surface area contributed by atoms with Gasteiger partial charge in [0.25, 0.3) is 0 Å². The van der Waals surface area contributed by atoms with Crippen molar-refractivity contribution in [3.05, 3.63) is 36.5 Å². The smallest absolute Gasteiger partial charge is 0.0933 e. The van der Waals surface area contributed by atoms with E-state index in [0.29, 0.717) is 6.04 Å². The van der Waals surface area contributed by atoms with Gasteiger partial charge in [0.15, 0.2) is 0 Å². The molecule has 1 saturated carbocycles. The van der Waals surface area contributed by atoms with E-state index in [-0.39, 0.29) is 0 Å². The molecule has 94 valence electrons. The Morgan fingerprint density at radius 3 is 2.89 bits per heavy atom. The molecule has 18 heavy (non-hydrogen) atoms. The number of nitrogens with one attached hydrogen (secondary N) is 1. The molecule has 0 aliphatic heterocycles. The molecule has 1 N–H and O–H groups in total. The summed E-state index contributed by atoms with van der Waals surface area (Å²) in [5.41, 5.74) is 2.25. The van der Waals surface area contributed by atoms with Crippen LogP contribution in [0.25, 0.3) is 10.9 Å². The van der Waals surface area contributed by atoms with Crippen LogP contribution >= 0.6 is 0 Å². The van der Waals surface area contributed by atoms with Crippen LogP contribution in [0.5, 0.6) is 0 Å². The average molecular weight is 240 g/mol. The maximum Gasteiger partial charge on any atom is 0.0933 e. The Morgan fingerprint density at radius 2 is 2.11 bits per heavy atom. The highest BCUT2D eigenvalue weighted by Gasteiger charge is 2.20. The van der Waals surface area contributed by atoms with Crippen molar-refractivity contribution in [2.45, 2.75) is 38.6 Å². The SMILES string of the molecule is CC(CC1CCC1)Nc1cccc2cccnc12. The van der Waals surface area contributed by atoms with Gasteiger partial charge in [-0.05, 0) is 31.4 Å². The number of para-hydroxylation sites is 1. The van der Waals surface area contributed by atoms with E-state index >= 15 is 0 Å². The van der Waals surface area contributed by atoms with Gasteiger partial charge in [-0.25, -0.2) is 0 Å². The molecule has 2 heteroatoms. The van der Waals surface area contributed by atoms with Gasteiger partial charge in [0.2, 0.25) is 0 Å². The normalized spacial score (nSPS) is 17.4. The van der Waals surface area contributed by atoms with E-state index in [1.165, 1.54) is 36.8 Å². The van der Waals surface area contributed by atoms with Crippen LogP contribution in [0.1, 0.15) is 32.6 Å². The average Bonchev–Trinajstić information content (AvgIpc) is 2.34. The molecule has 0 amide bonds. The fourth-order valence-corrected chi connectivity index (χ4v) is 2.77. The monoisotopic (exact) mass is 240 g/mol. The molecule has 1 unspecified atom stereocenters. The Labute approximate surface area is 108 Å². The highest BCUT2D eigenvalue weighted by atomic mass is 14.9. The number of nitrogens with zero attached hydrogens (tertiary/aromatic N) is 1. The topological polar surface area (TPSA) is 24.9 Å². The quantitative estimate of drug-likeness (QED) is 0.865. The molecule has 1 aliphatic rings. The zero-order valence-corrected chi connectivity index (χ0v) is 10.9. The fourth-order valence-electron chi connectivity index (χ4n) is 2.77. The van der Waals surface area contributed by atoms with Gasteiger partial charge < -0.3 is 5.32 Å². The number of hydrogen-bond donors (Lipinski definition) is 1. The van der Waals surface area contributed by atoms with Crippen molar-refractivity contribution in [2.75, 3.05) is 5.32 Å². The van der Waals surface area contributed by atoms with Crippen LogP contribution < -0.4 is 5.32 Å². The van der Waals surface area contributed by atoms with Crippen molar-refractivity contribution < 1.29 is 0 Å². The number of pyridine rings is 1. The Morgan fingerprint density at radius 1 is 1.28 bits per heavy atom. The second kappa shape index (κ2) is 4.97. The Balaban J connectivity index is 1.76. The van der Waals surface area contributed by atoms with Gasteiger partial charge in [-0.3, -0.25) is 4.98 Å². The van der Waals surface area contributed by atoms with Crippen LogP contribution in [-0.2, 0) is 0 Å². The van der Waals surface area contributed by atoms with E-state index in [0.717, 1.165) is 11.4 Å². The summed E-state index contributed by atoms with van der Waals surface area (Å²) in [4.78, 5) is 4.49. The minimum absolute atomic E-state index is 0.530. The summed E-state index contributed by atoms with van der Waals surface area (Å²) in [6.45, 7) is 2.28. The number of hydrogen-bond acceptors (Lipinski definition) is 2. The van der Waals surface area contributed by atoms with Gasteiger partial charge in [-0.15, -0.1) is 0 Å². The summed E-state index contributed by atoms with van der Waals surface area (Å²) < 4.78 is 0. The van der Waals surface area contributed by atoms with Crippen LogP contribution in [0.2, 0.25) is 0 Å². The van der Waals surface area contributed by atoms with Gasteiger partial charge in [0.05, 0.1) is 11.2 Å². The third kappa shape index (κ3) is 2.33. The first kappa shape index (κ1) is 11.5. The number of fused-ring (bicyclic) bond motifs is 1. The predicted molar refractivity (Wildman–Crippen MR) is 76.8 cm³/mol. The Kier molecular flexibility index (Phi) is 3.18. The minimum atomic E-state index is 0.530. The second-order valence-corrected chi connectivity index (χ2v) is 5.46. The van der Waals surface area contributed by atoms with E-state index in [1.807, 2.05) is 12.3 Å². The zero-order valence-electron chi connectivity index (χ0n) is 10.9. The fraction of sp³-hybridized carbons (Fsp3) is 0.438. The molecular formula is C16H20N2. The Bertz CT molecular complexity index is 526. The molecule has 1 aliphatic carbocycles. The lowest BCUT2D eigenvalue weighted by molar-refractivity contribution is 0.286. The minimum Gasteiger partial charge on any atom is -0.381 e. The first-order chi connectivity index (χ1) is 8.83. The van der Waals surface area contributed by atoms with E-state index in [9.17, 15) is 0 Å². The first-order valence-electron chi connectivity index (χ1n) is 6.93. The van der Waals surface area contributed by atoms with Gasteiger partial charge in [-0.1, -0.05) is 37.5 Å². The lowest BCUT2D eigenvalue weighted by Gasteiger charge is -2.29. The molecule has 0 radical (unpaired) electrons. The molecule has 2 aromatic rings. The molecule has 0 saturated heterocycles.